The number of nitrogens with one attached hydrogen (secondary N) is 3. The lowest BCUT2D eigenvalue weighted by atomic mass is 9.82. The van der Waals surface area contributed by atoms with Crippen LogP contribution in [0.15, 0.2) is 0 Å². The van der Waals surface area contributed by atoms with Gasteiger partial charge in [0.1, 0.15) is 56.4 Å². The molecule has 3 heterocycles. The van der Waals surface area contributed by atoms with Crippen molar-refractivity contribution >= 4 is 35.1 Å². The fraction of sp³-hybridized carbons (Fsp3) is 0.898. The van der Waals surface area contributed by atoms with Crippen LogP contribution in [-0.2, 0) is 71.4 Å². The van der Waals surface area contributed by atoms with Crippen molar-refractivity contribution < 1.29 is 117 Å². The van der Waals surface area contributed by atoms with Gasteiger partial charge in [-0.2, -0.15) is 0 Å². The molecule has 3 saturated heterocycles. The van der Waals surface area contributed by atoms with Crippen LogP contribution in [0.3, 0.4) is 0 Å². The molecule has 6 unspecified atom stereocenters. The molecular weight excluding hydrogens is 1130 g/mol. The van der Waals surface area contributed by atoms with E-state index in [1.807, 2.05) is 13.8 Å². The molecule has 3 aliphatic heterocycles. The van der Waals surface area contributed by atoms with Crippen LogP contribution in [0.5, 0.6) is 0 Å². The highest BCUT2D eigenvalue weighted by Crippen LogP contribution is 2.31. The van der Waals surface area contributed by atoms with Gasteiger partial charge in [-0.25, -0.2) is 0 Å². The lowest BCUT2D eigenvalue weighted by Gasteiger charge is -2.40. The predicted octanol–water partition coefficient (Wildman–Crippen LogP) is -0.0108. The smallest absolute Gasteiger partial charge is 0.220 e. The molecule has 0 aromatic carbocycles. The summed E-state index contributed by atoms with van der Waals surface area (Å²) in [5.41, 5.74) is -0.893. The maximum atomic E-state index is 13.0. The van der Waals surface area contributed by atoms with E-state index < -0.39 is 117 Å². The number of aliphatic hydroxyl groups excluding tert-OH is 9. The van der Waals surface area contributed by atoms with Crippen molar-refractivity contribution in [1.29, 1.82) is 0 Å². The zero-order valence-electron chi connectivity index (χ0n) is 49.2. The summed E-state index contributed by atoms with van der Waals surface area (Å²) in [4.78, 5) is 76.4. The van der Waals surface area contributed by atoms with E-state index in [0.29, 0.717) is 44.9 Å². The van der Waals surface area contributed by atoms with E-state index in [0.717, 1.165) is 0 Å². The Kier molecular flexibility index (Phi) is 43.3. The van der Waals surface area contributed by atoms with Crippen LogP contribution in [0.2, 0.25) is 0 Å². The summed E-state index contributed by atoms with van der Waals surface area (Å²) in [6, 6.07) is 0. The Morgan fingerprint density at radius 3 is 0.942 bits per heavy atom. The summed E-state index contributed by atoms with van der Waals surface area (Å²) in [5, 5.41) is 97.4. The summed E-state index contributed by atoms with van der Waals surface area (Å²) in [7, 11) is 0. The largest absolute Gasteiger partial charge is 0.394 e. The Morgan fingerprint density at radius 1 is 0.430 bits per heavy atom. The average Bonchev–Trinajstić information content (AvgIpc) is 2.53. The second kappa shape index (κ2) is 45.0. The van der Waals surface area contributed by atoms with Crippen LogP contribution in [0.1, 0.15) is 140 Å². The molecule has 3 rings (SSSR count). The van der Waals surface area contributed by atoms with Gasteiger partial charge in [-0.05, 0) is 50.9 Å². The molecule has 0 saturated carbocycles. The molecule has 3 amide bonds. The van der Waals surface area contributed by atoms with E-state index in [9.17, 15) is 74.7 Å². The van der Waals surface area contributed by atoms with Crippen LogP contribution < -0.4 is 16.0 Å². The Hall–Kier alpha value is -3.30. The summed E-state index contributed by atoms with van der Waals surface area (Å²) in [6.07, 6.45) is -9.54. The number of ether oxygens (including phenoxy) is 9. The maximum absolute atomic E-state index is 13.0. The van der Waals surface area contributed by atoms with Gasteiger partial charge in [-0.1, -0.05) is 56.9 Å². The third-order valence-corrected chi connectivity index (χ3v) is 14.8. The normalized spacial score (nSPS) is 28.0. The van der Waals surface area contributed by atoms with Crippen molar-refractivity contribution in [3.05, 3.63) is 0 Å². The highest BCUT2D eigenvalue weighted by atomic mass is 16.7. The lowest BCUT2D eigenvalue weighted by molar-refractivity contribution is -0.282. The SMILES string of the molecule is C.C.C.CC(C)CC(COCC(=O)CCCNC(=O)CCCO[C@@H]1OC(CO)[C@H](O)[C@H](O)C1C)(COCC(=O)CCCNC(=O)CCCO[C@@H]1OC(CO)[C@H](O)[C@H](O)C1C)COCC(=O)CCCNC(=O)CCCO[C@@H]1OC(CO)[C@H](O)[C@H](O)C1C. The van der Waals surface area contributed by atoms with Gasteiger partial charge in [-0.15, -0.1) is 0 Å². The molecule has 0 aliphatic carbocycles. The Labute approximate surface area is 509 Å². The Bertz CT molecular complexity index is 1680. The van der Waals surface area contributed by atoms with E-state index >= 15 is 0 Å². The predicted molar refractivity (Wildman–Crippen MR) is 313 cm³/mol. The number of rotatable bonds is 44. The maximum Gasteiger partial charge on any atom is 0.220 e. The molecule has 0 spiro atoms. The number of amides is 3. The number of carbonyl (C=O) groups is 6. The number of carbonyl (C=O) groups excluding carboxylic acids is 6. The van der Waals surface area contributed by atoms with E-state index in [2.05, 4.69) is 16.0 Å². The first kappa shape index (κ1) is 82.7. The topological polar surface area (TPSA) is 404 Å². The fourth-order valence-corrected chi connectivity index (χ4v) is 9.86. The van der Waals surface area contributed by atoms with Gasteiger partial charge in [0.2, 0.25) is 17.7 Å². The monoisotopic (exact) mass is 1250 g/mol. The molecular formula is C59H111N3O24. The molecule has 27 heteroatoms. The van der Waals surface area contributed by atoms with Crippen LogP contribution in [0.25, 0.3) is 0 Å². The highest BCUT2D eigenvalue weighted by Gasteiger charge is 2.45. The quantitative estimate of drug-likeness (QED) is 0.0357. The van der Waals surface area contributed by atoms with Crippen molar-refractivity contribution in [2.24, 2.45) is 29.1 Å². The molecule has 0 aromatic rings. The zero-order valence-corrected chi connectivity index (χ0v) is 49.2. The Morgan fingerprint density at radius 2 is 0.698 bits per heavy atom. The van der Waals surface area contributed by atoms with Crippen molar-refractivity contribution in [2.45, 2.75) is 214 Å². The molecule has 0 aromatic heterocycles. The van der Waals surface area contributed by atoms with Gasteiger partial charge in [0.25, 0.3) is 0 Å². The zero-order chi connectivity index (χ0) is 61.5. The second-order valence-corrected chi connectivity index (χ2v) is 22.7. The first-order valence-corrected chi connectivity index (χ1v) is 29.4. The standard InChI is InChI=1S/C56H99N3O24.3CH4/c1-34(2)24-56(31-75-28-38(63)12-6-18-57-44(66)15-9-21-78-53-35(3)47(69)50(72)41(25-60)81-53,32-76-29-39(64)13-7-19-58-45(67)16-10-22-79-54-36(4)48(70)51(73)42(26-61)82-54)33-77-30-40(65)14-8-20-59-46(68)17-11-23-80-55-37(5)49(71)52(74)43(27-62)83-55;;;/h34-37,41-43,47-55,60-62,69-74H,6-33H2,1-5H3,(H,57,66)(H,58,67)(H,59,68);3*1H4/t35?,36?,37?,41?,42?,43?,47-,48-,49-,50+,51+,52+,53-,54-,55-,56?;;;/m1.../s1. The third-order valence-electron chi connectivity index (χ3n) is 14.8. The van der Waals surface area contributed by atoms with Crippen molar-refractivity contribution in [2.75, 3.05) is 98.9 Å². The van der Waals surface area contributed by atoms with E-state index in [4.69, 9.17) is 42.6 Å². The van der Waals surface area contributed by atoms with Gasteiger partial charge in [0.05, 0.1) is 77.8 Å². The van der Waals surface area contributed by atoms with Gasteiger partial charge in [0, 0.05) is 81.3 Å². The molecule has 506 valence electrons. The van der Waals surface area contributed by atoms with Crippen molar-refractivity contribution in [1.82, 2.24) is 16.0 Å². The van der Waals surface area contributed by atoms with Gasteiger partial charge >= 0.3 is 0 Å². The van der Waals surface area contributed by atoms with E-state index in [1.54, 1.807) is 20.8 Å². The minimum absolute atomic E-state index is 0. The first-order chi connectivity index (χ1) is 39.6. The third kappa shape index (κ3) is 30.0. The number of Topliss-reactive ketones (excluding diaryl/α,β-unsaturated/α-hetero) is 3. The fourth-order valence-electron chi connectivity index (χ4n) is 9.86. The van der Waals surface area contributed by atoms with Crippen LogP contribution in [0.4, 0.5) is 0 Å². The Balaban J connectivity index is 0.0000241. The number of hydrogen-bond acceptors (Lipinski definition) is 24. The minimum Gasteiger partial charge on any atom is -0.394 e. The van der Waals surface area contributed by atoms with Crippen molar-refractivity contribution in [3.8, 4) is 0 Å². The molecule has 3 aliphatic rings. The number of hydrogen-bond donors (Lipinski definition) is 12. The number of ketones is 3. The summed E-state index contributed by atoms with van der Waals surface area (Å²) in [5.74, 6) is -3.05. The molecule has 86 heavy (non-hydrogen) atoms. The van der Waals surface area contributed by atoms with Crippen LogP contribution in [0, 0.1) is 29.1 Å². The van der Waals surface area contributed by atoms with E-state index in [-0.39, 0.29) is 181 Å². The first-order valence-electron chi connectivity index (χ1n) is 29.4. The molecule has 0 radical (unpaired) electrons. The lowest BCUT2D eigenvalue weighted by Crippen LogP contribution is -2.55. The molecule has 15 atom stereocenters. The highest BCUT2D eigenvalue weighted by molar-refractivity contribution is 5.81. The summed E-state index contributed by atoms with van der Waals surface area (Å²) in [6.45, 7) is 7.68. The molecule has 27 nitrogen and oxygen atoms in total. The number of aliphatic hydroxyl groups is 9. The molecule has 3 fully saturated rings. The minimum atomic E-state index is -1.25. The van der Waals surface area contributed by atoms with Crippen molar-refractivity contribution in [3.63, 3.8) is 0 Å². The average molecular weight is 1250 g/mol. The molecule has 0 bridgehead atoms. The van der Waals surface area contributed by atoms with Crippen LogP contribution >= 0.6 is 0 Å². The second-order valence-electron chi connectivity index (χ2n) is 22.7. The van der Waals surface area contributed by atoms with Gasteiger partial charge in [0.15, 0.2) is 36.2 Å². The summed E-state index contributed by atoms with van der Waals surface area (Å²) < 4.78 is 51.6. The van der Waals surface area contributed by atoms with Gasteiger partial charge in [-0.3, -0.25) is 28.8 Å². The summed E-state index contributed by atoms with van der Waals surface area (Å²) >= 11 is 0. The van der Waals surface area contributed by atoms with Crippen LogP contribution in [-0.4, -0.2) is 254 Å². The molecule has 12 N–H and O–H groups in total. The van der Waals surface area contributed by atoms with E-state index in [1.165, 1.54) is 0 Å². The van der Waals surface area contributed by atoms with Gasteiger partial charge < -0.3 is 105 Å².